The lowest BCUT2D eigenvalue weighted by Gasteiger charge is -2.22. The summed E-state index contributed by atoms with van der Waals surface area (Å²) in [5, 5.41) is 14.2. The Bertz CT molecular complexity index is 763. The van der Waals surface area contributed by atoms with Gasteiger partial charge in [0.15, 0.2) is 0 Å². The van der Waals surface area contributed by atoms with Gasteiger partial charge in [-0.3, -0.25) is 9.89 Å². The summed E-state index contributed by atoms with van der Waals surface area (Å²) < 4.78 is 0. The molecule has 1 atom stereocenters. The van der Waals surface area contributed by atoms with Crippen LogP contribution < -0.4 is 0 Å². The van der Waals surface area contributed by atoms with Gasteiger partial charge in [0.25, 0.3) is 5.91 Å². The fraction of sp³-hybridized carbons (Fsp3) is 0.267. The van der Waals surface area contributed by atoms with E-state index in [0.29, 0.717) is 5.69 Å². The van der Waals surface area contributed by atoms with Gasteiger partial charge in [-0.05, 0) is 30.4 Å². The van der Waals surface area contributed by atoms with Crippen molar-refractivity contribution in [3.63, 3.8) is 0 Å². The zero-order valence-corrected chi connectivity index (χ0v) is 13.4. The molecule has 1 aliphatic rings. The van der Waals surface area contributed by atoms with Gasteiger partial charge in [-0.1, -0.05) is 0 Å². The van der Waals surface area contributed by atoms with Gasteiger partial charge in [0.05, 0.1) is 11.7 Å². The van der Waals surface area contributed by atoms with Crippen LogP contribution in [-0.2, 0) is 0 Å². The molecule has 0 spiro atoms. The largest absolute Gasteiger partial charge is 0.328 e. The first-order valence-electron chi connectivity index (χ1n) is 7.11. The number of carbonyl (C=O) groups is 1. The molecule has 3 aromatic rings. The molecule has 22 heavy (non-hydrogen) atoms. The SMILES string of the molecule is O=C(c1cc(-c2ccsc2)n[nH]1)N1CCC[C@H]1c1nccs1. The summed E-state index contributed by atoms with van der Waals surface area (Å²) in [6.07, 6.45) is 3.79. The van der Waals surface area contributed by atoms with E-state index in [4.69, 9.17) is 0 Å². The Kier molecular flexibility index (Phi) is 3.51. The molecule has 1 fully saturated rings. The predicted molar refractivity (Wildman–Crippen MR) is 87.0 cm³/mol. The van der Waals surface area contributed by atoms with Crippen LogP contribution >= 0.6 is 22.7 Å². The molecule has 0 unspecified atom stereocenters. The molecule has 0 aliphatic carbocycles. The Morgan fingerprint density at radius 3 is 3.14 bits per heavy atom. The zero-order valence-electron chi connectivity index (χ0n) is 11.7. The topological polar surface area (TPSA) is 61.9 Å². The minimum Gasteiger partial charge on any atom is -0.328 e. The summed E-state index contributed by atoms with van der Waals surface area (Å²) in [6.45, 7) is 0.774. The summed E-state index contributed by atoms with van der Waals surface area (Å²) in [5.41, 5.74) is 2.40. The van der Waals surface area contributed by atoms with Crippen molar-refractivity contribution >= 4 is 28.6 Å². The molecule has 1 aliphatic heterocycles. The number of H-pyrrole nitrogens is 1. The maximum atomic E-state index is 12.8. The Morgan fingerprint density at radius 2 is 2.36 bits per heavy atom. The average molecular weight is 330 g/mol. The number of aromatic amines is 1. The summed E-state index contributed by atoms with van der Waals surface area (Å²) in [6, 6.07) is 3.94. The number of hydrogen-bond acceptors (Lipinski definition) is 5. The van der Waals surface area contributed by atoms with E-state index in [-0.39, 0.29) is 11.9 Å². The molecule has 0 aromatic carbocycles. The van der Waals surface area contributed by atoms with Gasteiger partial charge >= 0.3 is 0 Å². The third-order valence-corrected chi connectivity index (χ3v) is 5.44. The Labute approximate surface area is 135 Å². The number of nitrogens with one attached hydrogen (secondary N) is 1. The van der Waals surface area contributed by atoms with Crippen LogP contribution in [0, 0.1) is 0 Å². The van der Waals surface area contributed by atoms with Crippen LogP contribution in [0.2, 0.25) is 0 Å². The monoisotopic (exact) mass is 330 g/mol. The van der Waals surface area contributed by atoms with Crippen molar-refractivity contribution in [3.05, 3.63) is 45.2 Å². The lowest BCUT2D eigenvalue weighted by atomic mass is 10.2. The number of hydrogen-bond donors (Lipinski definition) is 1. The van der Waals surface area contributed by atoms with Crippen LogP contribution in [0.4, 0.5) is 0 Å². The smallest absolute Gasteiger partial charge is 0.272 e. The van der Waals surface area contributed by atoms with Gasteiger partial charge in [0.1, 0.15) is 10.7 Å². The first kappa shape index (κ1) is 13.7. The second kappa shape index (κ2) is 5.66. The maximum absolute atomic E-state index is 12.8. The van der Waals surface area contributed by atoms with Crippen molar-refractivity contribution in [2.45, 2.75) is 18.9 Å². The molecule has 7 heteroatoms. The van der Waals surface area contributed by atoms with Crippen LogP contribution in [0.15, 0.2) is 34.5 Å². The number of amides is 1. The quantitative estimate of drug-likeness (QED) is 0.798. The highest BCUT2D eigenvalue weighted by atomic mass is 32.1. The number of thiazole rings is 1. The average Bonchev–Trinajstić information content (AvgIpc) is 3.35. The molecule has 1 amide bonds. The van der Waals surface area contributed by atoms with Crippen molar-refractivity contribution in [1.82, 2.24) is 20.1 Å². The highest BCUT2D eigenvalue weighted by molar-refractivity contribution is 7.09. The van der Waals surface area contributed by atoms with E-state index in [2.05, 4.69) is 15.2 Å². The highest BCUT2D eigenvalue weighted by Gasteiger charge is 2.32. The van der Waals surface area contributed by atoms with Crippen molar-refractivity contribution < 1.29 is 4.79 Å². The number of rotatable bonds is 3. The van der Waals surface area contributed by atoms with Crippen molar-refractivity contribution in [2.75, 3.05) is 6.54 Å². The van der Waals surface area contributed by atoms with Crippen LogP contribution in [0.3, 0.4) is 0 Å². The molecular weight excluding hydrogens is 316 g/mol. The summed E-state index contributed by atoms with van der Waals surface area (Å²) in [5.74, 6) is 0.00618. The molecule has 4 heterocycles. The van der Waals surface area contributed by atoms with Crippen LogP contribution in [0.5, 0.6) is 0 Å². The fourth-order valence-electron chi connectivity index (χ4n) is 2.81. The van der Waals surface area contributed by atoms with E-state index in [1.54, 1.807) is 28.9 Å². The maximum Gasteiger partial charge on any atom is 0.272 e. The molecule has 0 bridgehead atoms. The lowest BCUT2D eigenvalue weighted by Crippen LogP contribution is -2.30. The van der Waals surface area contributed by atoms with Crippen LogP contribution in [0.25, 0.3) is 11.3 Å². The molecule has 1 N–H and O–H groups in total. The number of likely N-dealkylation sites (tertiary alicyclic amines) is 1. The first-order valence-corrected chi connectivity index (χ1v) is 8.93. The van der Waals surface area contributed by atoms with Crippen LogP contribution in [-0.4, -0.2) is 32.5 Å². The molecule has 112 valence electrons. The third kappa shape index (κ3) is 2.36. The number of carbonyl (C=O) groups excluding carboxylic acids is 1. The summed E-state index contributed by atoms with van der Waals surface area (Å²) >= 11 is 3.23. The third-order valence-electron chi connectivity index (χ3n) is 3.88. The van der Waals surface area contributed by atoms with E-state index in [0.717, 1.165) is 35.7 Å². The lowest BCUT2D eigenvalue weighted by molar-refractivity contribution is 0.0729. The Hall–Kier alpha value is -1.99. The Morgan fingerprint density at radius 1 is 1.41 bits per heavy atom. The van der Waals surface area contributed by atoms with Crippen molar-refractivity contribution in [3.8, 4) is 11.3 Å². The molecule has 1 saturated heterocycles. The van der Waals surface area contributed by atoms with Gasteiger partial charge in [-0.15, -0.1) is 11.3 Å². The standard InChI is InChI=1S/C15H14N4OS2/c20-15(12-8-11(17-18-12)10-3-6-21-9-10)19-5-1-2-13(19)14-16-4-7-22-14/h3-4,6-9,13H,1-2,5H2,(H,17,18)/t13-/m0/s1. The highest BCUT2D eigenvalue weighted by Crippen LogP contribution is 2.34. The number of thiophene rings is 1. The number of aromatic nitrogens is 3. The summed E-state index contributed by atoms with van der Waals surface area (Å²) in [4.78, 5) is 19.0. The normalized spacial score (nSPS) is 18.0. The minimum absolute atomic E-state index is 0.00618. The van der Waals surface area contributed by atoms with Crippen molar-refractivity contribution in [1.29, 1.82) is 0 Å². The van der Waals surface area contributed by atoms with Gasteiger partial charge < -0.3 is 4.90 Å². The zero-order chi connectivity index (χ0) is 14.9. The predicted octanol–water partition coefficient (Wildman–Crippen LogP) is 3.57. The second-order valence-electron chi connectivity index (χ2n) is 5.21. The fourth-order valence-corrected chi connectivity index (χ4v) is 4.24. The number of nitrogens with zero attached hydrogens (tertiary/aromatic N) is 3. The second-order valence-corrected chi connectivity index (χ2v) is 6.91. The van der Waals surface area contributed by atoms with Gasteiger partial charge in [0.2, 0.25) is 0 Å². The minimum atomic E-state index is 0.00618. The van der Waals surface area contributed by atoms with E-state index in [1.807, 2.05) is 33.2 Å². The molecule has 0 radical (unpaired) electrons. The van der Waals surface area contributed by atoms with E-state index >= 15 is 0 Å². The first-order chi connectivity index (χ1) is 10.8. The van der Waals surface area contributed by atoms with E-state index < -0.39 is 0 Å². The van der Waals surface area contributed by atoms with Gasteiger partial charge in [-0.2, -0.15) is 16.4 Å². The van der Waals surface area contributed by atoms with E-state index in [9.17, 15) is 4.79 Å². The van der Waals surface area contributed by atoms with E-state index in [1.165, 1.54) is 0 Å². The van der Waals surface area contributed by atoms with Gasteiger partial charge in [0, 0.05) is 29.1 Å². The molecular formula is C15H14N4OS2. The summed E-state index contributed by atoms with van der Waals surface area (Å²) in [7, 11) is 0. The molecule has 5 nitrogen and oxygen atoms in total. The van der Waals surface area contributed by atoms with Gasteiger partial charge in [-0.25, -0.2) is 4.98 Å². The molecule has 3 aromatic heterocycles. The molecule has 0 saturated carbocycles. The van der Waals surface area contributed by atoms with Crippen molar-refractivity contribution in [2.24, 2.45) is 0 Å². The molecule has 4 rings (SSSR count). The Balaban J connectivity index is 1.59. The van der Waals surface area contributed by atoms with Crippen LogP contribution in [0.1, 0.15) is 34.4 Å².